The van der Waals surface area contributed by atoms with Crippen LogP contribution in [-0.2, 0) is 14.1 Å². The van der Waals surface area contributed by atoms with Gasteiger partial charge in [0.2, 0.25) is 0 Å². The molecule has 0 saturated carbocycles. The molecule has 36 heavy (non-hydrogen) atoms. The van der Waals surface area contributed by atoms with Crippen molar-refractivity contribution >= 4 is 22.5 Å². The van der Waals surface area contributed by atoms with Crippen molar-refractivity contribution < 1.29 is 4.74 Å². The molecule has 2 aromatic heterocycles. The largest absolute Gasteiger partial charge is 0.477 e. The van der Waals surface area contributed by atoms with Gasteiger partial charge in [-0.2, -0.15) is 0 Å². The Kier molecular flexibility index (Phi) is 4.99. The van der Waals surface area contributed by atoms with Crippen LogP contribution in [0.2, 0.25) is 5.02 Å². The van der Waals surface area contributed by atoms with Crippen LogP contribution in [0.5, 0.6) is 5.75 Å². The molecule has 0 N–H and O–H groups in total. The number of benzene rings is 3. The number of fused-ring (bicyclic) bond motifs is 5. The van der Waals surface area contributed by atoms with E-state index in [1.165, 1.54) is 7.05 Å². The Morgan fingerprint density at radius 3 is 2.33 bits per heavy atom. The van der Waals surface area contributed by atoms with Crippen LogP contribution >= 0.6 is 11.6 Å². The van der Waals surface area contributed by atoms with Crippen molar-refractivity contribution in [2.24, 2.45) is 14.1 Å². The molecule has 3 heterocycles. The molecular weight excluding hydrogens is 474 g/mol. The summed E-state index contributed by atoms with van der Waals surface area (Å²) in [4.78, 5) is 26.9. The summed E-state index contributed by atoms with van der Waals surface area (Å²) in [5.41, 5.74) is 5.95. The second-order valence-electron chi connectivity index (χ2n) is 9.39. The number of ether oxygens (including phenoxy) is 1. The number of hydrogen-bond donors (Lipinski definition) is 0. The zero-order valence-electron chi connectivity index (χ0n) is 20.4. The summed E-state index contributed by atoms with van der Waals surface area (Å²) in [6.07, 6.45) is -0.544. The van der Waals surface area contributed by atoms with Gasteiger partial charge in [-0.1, -0.05) is 71.3 Å². The van der Waals surface area contributed by atoms with Crippen LogP contribution in [-0.4, -0.2) is 13.7 Å². The fourth-order valence-electron chi connectivity index (χ4n) is 5.18. The zero-order chi connectivity index (χ0) is 25.3. The van der Waals surface area contributed by atoms with Crippen LogP contribution in [0.15, 0.2) is 76.3 Å². The first-order valence-electron chi connectivity index (χ1n) is 11.7. The predicted octanol–water partition coefficient (Wildman–Crippen LogP) is 5.45. The van der Waals surface area contributed by atoms with E-state index in [1.54, 1.807) is 17.7 Å². The molecule has 0 unspecified atom stereocenters. The SMILES string of the molecule is Cc1ccc(-c2c3c(=O)n(C)c(=O)n(C)c3c3n2-c2cc(Cl)ccc2O[C@H]3c2cccc(C)c2)cc1. The van der Waals surface area contributed by atoms with Crippen LogP contribution < -0.4 is 16.0 Å². The van der Waals surface area contributed by atoms with Gasteiger partial charge in [0.15, 0.2) is 6.10 Å². The third-order valence-electron chi connectivity index (χ3n) is 6.93. The number of halogens is 1. The number of aromatic nitrogens is 3. The van der Waals surface area contributed by atoms with Gasteiger partial charge in [0.05, 0.1) is 28.0 Å². The van der Waals surface area contributed by atoms with Crippen molar-refractivity contribution in [2.75, 3.05) is 0 Å². The highest BCUT2D eigenvalue weighted by Gasteiger charge is 2.36. The lowest BCUT2D eigenvalue weighted by molar-refractivity contribution is 0.229. The average molecular weight is 498 g/mol. The molecule has 0 bridgehead atoms. The van der Waals surface area contributed by atoms with Crippen LogP contribution in [0.25, 0.3) is 27.8 Å². The van der Waals surface area contributed by atoms with E-state index in [1.807, 2.05) is 73.0 Å². The fourth-order valence-corrected chi connectivity index (χ4v) is 5.35. The number of aryl methyl sites for hydroxylation is 3. The van der Waals surface area contributed by atoms with E-state index in [4.69, 9.17) is 16.3 Å². The molecule has 0 aliphatic carbocycles. The Morgan fingerprint density at radius 1 is 0.861 bits per heavy atom. The van der Waals surface area contributed by atoms with Gasteiger partial charge in [-0.3, -0.25) is 13.9 Å². The lowest BCUT2D eigenvalue weighted by Gasteiger charge is -2.30. The monoisotopic (exact) mass is 497 g/mol. The summed E-state index contributed by atoms with van der Waals surface area (Å²) >= 11 is 6.46. The van der Waals surface area contributed by atoms with Crippen molar-refractivity contribution in [3.63, 3.8) is 0 Å². The molecule has 3 aromatic carbocycles. The molecule has 180 valence electrons. The van der Waals surface area contributed by atoms with E-state index in [0.717, 1.165) is 38.2 Å². The maximum absolute atomic E-state index is 13.7. The summed E-state index contributed by atoms with van der Waals surface area (Å²) in [5.74, 6) is 0.647. The normalized spacial score (nSPS) is 14.4. The molecule has 7 heteroatoms. The van der Waals surface area contributed by atoms with Crippen LogP contribution in [0.1, 0.15) is 28.5 Å². The summed E-state index contributed by atoms with van der Waals surface area (Å²) in [6, 6.07) is 21.6. The second-order valence-corrected chi connectivity index (χ2v) is 9.83. The lowest BCUT2D eigenvalue weighted by atomic mass is 10.0. The Bertz CT molecular complexity index is 1810. The van der Waals surface area contributed by atoms with Gasteiger partial charge in [-0.15, -0.1) is 0 Å². The molecule has 6 nitrogen and oxygen atoms in total. The number of nitrogens with zero attached hydrogens (tertiary/aromatic N) is 3. The van der Waals surface area contributed by atoms with E-state index in [9.17, 15) is 9.59 Å². The topological polar surface area (TPSA) is 58.2 Å². The van der Waals surface area contributed by atoms with Crippen molar-refractivity contribution in [3.05, 3.63) is 115 Å². The fraction of sp³-hybridized carbons (Fsp3) is 0.172. The first kappa shape index (κ1) is 22.4. The molecule has 0 spiro atoms. The third-order valence-corrected chi connectivity index (χ3v) is 7.17. The summed E-state index contributed by atoms with van der Waals surface area (Å²) in [6.45, 7) is 4.05. The molecule has 5 aromatic rings. The van der Waals surface area contributed by atoms with E-state index >= 15 is 0 Å². The predicted molar refractivity (Wildman–Crippen MR) is 143 cm³/mol. The first-order chi connectivity index (χ1) is 17.3. The van der Waals surface area contributed by atoms with Gasteiger partial charge in [0.1, 0.15) is 5.75 Å². The molecule has 1 aliphatic heterocycles. The van der Waals surface area contributed by atoms with Gasteiger partial charge < -0.3 is 9.30 Å². The molecule has 0 amide bonds. The summed E-state index contributed by atoms with van der Waals surface area (Å²) < 4.78 is 11.3. The highest BCUT2D eigenvalue weighted by Crippen LogP contribution is 2.47. The van der Waals surface area contributed by atoms with Gasteiger partial charge in [0, 0.05) is 19.1 Å². The Hall–Kier alpha value is -4.03. The summed E-state index contributed by atoms with van der Waals surface area (Å²) in [5, 5.41) is 1.01. The van der Waals surface area contributed by atoms with E-state index in [2.05, 4.69) is 6.07 Å². The molecule has 1 aliphatic rings. The molecule has 0 radical (unpaired) electrons. The third kappa shape index (κ3) is 3.18. The van der Waals surface area contributed by atoms with Crippen LogP contribution in [0.4, 0.5) is 0 Å². The van der Waals surface area contributed by atoms with Crippen molar-refractivity contribution in [2.45, 2.75) is 20.0 Å². The molecular formula is C29H24ClN3O3. The molecule has 6 rings (SSSR count). The quantitative estimate of drug-likeness (QED) is 0.326. The minimum atomic E-state index is -0.544. The van der Waals surface area contributed by atoms with E-state index < -0.39 is 11.8 Å². The highest BCUT2D eigenvalue weighted by atomic mass is 35.5. The molecule has 0 saturated heterocycles. The van der Waals surface area contributed by atoms with Crippen molar-refractivity contribution in [1.82, 2.24) is 13.7 Å². The lowest BCUT2D eigenvalue weighted by Crippen LogP contribution is -2.37. The maximum atomic E-state index is 13.7. The average Bonchev–Trinajstić information content (AvgIpc) is 3.23. The Labute approximate surface area is 212 Å². The Balaban J connectivity index is 1.87. The first-order valence-corrected chi connectivity index (χ1v) is 12.1. The number of hydrogen-bond acceptors (Lipinski definition) is 3. The van der Waals surface area contributed by atoms with Gasteiger partial charge in [0.25, 0.3) is 5.56 Å². The van der Waals surface area contributed by atoms with Crippen LogP contribution in [0.3, 0.4) is 0 Å². The standard InChI is InChI=1S/C29H24ClN3O3/c1-16-8-10-18(11-9-16)24-23-25(31(3)29(35)32(4)28(23)34)26-27(19-7-5-6-17(2)14-19)36-22-13-12-20(30)15-21(22)33(24)26/h5-15,27H,1-4H3/t27-/m0/s1. The van der Waals surface area contributed by atoms with Crippen molar-refractivity contribution in [1.29, 1.82) is 0 Å². The maximum Gasteiger partial charge on any atom is 0.331 e. The van der Waals surface area contributed by atoms with Gasteiger partial charge >= 0.3 is 5.69 Å². The Morgan fingerprint density at radius 2 is 1.61 bits per heavy atom. The number of rotatable bonds is 2. The minimum absolute atomic E-state index is 0.350. The zero-order valence-corrected chi connectivity index (χ0v) is 21.1. The smallest absolute Gasteiger partial charge is 0.331 e. The van der Waals surface area contributed by atoms with Gasteiger partial charge in [-0.25, -0.2) is 4.79 Å². The minimum Gasteiger partial charge on any atom is -0.477 e. The molecule has 1 atom stereocenters. The van der Waals surface area contributed by atoms with Crippen LogP contribution in [0, 0.1) is 13.8 Å². The highest BCUT2D eigenvalue weighted by molar-refractivity contribution is 6.30. The molecule has 0 fully saturated rings. The van der Waals surface area contributed by atoms with Crippen molar-refractivity contribution in [3.8, 4) is 22.7 Å². The second kappa shape index (κ2) is 8.00. The van der Waals surface area contributed by atoms with E-state index in [-0.39, 0.29) is 5.56 Å². The van der Waals surface area contributed by atoms with Gasteiger partial charge in [-0.05, 0) is 43.2 Å². The van der Waals surface area contributed by atoms with E-state index in [0.29, 0.717) is 27.4 Å². The summed E-state index contributed by atoms with van der Waals surface area (Å²) in [7, 11) is 3.21.